The molecule has 204 valence electrons. The molecular weight excluding hydrogens is 524 g/mol. The van der Waals surface area contributed by atoms with Crippen LogP contribution in [0.25, 0.3) is 71.9 Å². The van der Waals surface area contributed by atoms with Crippen LogP contribution in [0.1, 0.15) is 0 Å². The molecule has 0 fully saturated rings. The SMILES string of the molecule is COc1cc(-n2c3ccccc3c3ccccc32)ccc1-c1ccccc1-c1cc(-c2ccccc2)c2ccccc2n1. The lowest BCUT2D eigenvalue weighted by molar-refractivity contribution is 0.416. The normalized spacial score (nSPS) is 11.4. The predicted molar refractivity (Wildman–Crippen MR) is 179 cm³/mol. The first kappa shape index (κ1) is 25.1. The number of hydrogen-bond donors (Lipinski definition) is 0. The van der Waals surface area contributed by atoms with E-state index < -0.39 is 0 Å². The van der Waals surface area contributed by atoms with Crippen LogP contribution in [0.4, 0.5) is 0 Å². The van der Waals surface area contributed by atoms with Gasteiger partial charge in [0.1, 0.15) is 5.75 Å². The average molecular weight is 553 g/mol. The van der Waals surface area contributed by atoms with Crippen molar-refractivity contribution in [3.63, 3.8) is 0 Å². The molecule has 3 nitrogen and oxygen atoms in total. The molecule has 43 heavy (non-hydrogen) atoms. The molecule has 0 aliphatic rings. The Morgan fingerprint density at radius 2 is 1.09 bits per heavy atom. The standard InChI is InChI=1S/C40H28N2O/c1-43-40-25-28(42-38-21-11-8-18-32(38)33-19-9-12-22-39(33)42)23-24-34(40)29-15-5-6-16-30(29)37-26-35(27-13-3-2-4-14-27)31-17-7-10-20-36(31)41-37/h2-26H,1H3. The van der Waals surface area contributed by atoms with Crippen LogP contribution in [-0.4, -0.2) is 16.7 Å². The van der Waals surface area contributed by atoms with Gasteiger partial charge in [0, 0.05) is 39.0 Å². The van der Waals surface area contributed by atoms with Gasteiger partial charge >= 0.3 is 0 Å². The van der Waals surface area contributed by atoms with Gasteiger partial charge in [-0.25, -0.2) is 4.98 Å². The highest BCUT2D eigenvalue weighted by molar-refractivity contribution is 6.09. The van der Waals surface area contributed by atoms with Crippen molar-refractivity contribution in [2.75, 3.05) is 7.11 Å². The minimum Gasteiger partial charge on any atom is -0.496 e. The summed E-state index contributed by atoms with van der Waals surface area (Å²) in [5.41, 5.74) is 10.8. The molecule has 0 atom stereocenters. The molecule has 0 bridgehead atoms. The van der Waals surface area contributed by atoms with E-state index >= 15 is 0 Å². The zero-order valence-electron chi connectivity index (χ0n) is 23.7. The maximum absolute atomic E-state index is 6.08. The molecule has 0 saturated carbocycles. The zero-order valence-corrected chi connectivity index (χ0v) is 23.7. The second-order valence-corrected chi connectivity index (χ2v) is 10.7. The first-order chi connectivity index (χ1) is 21.3. The monoisotopic (exact) mass is 552 g/mol. The molecule has 3 heteroatoms. The van der Waals surface area contributed by atoms with Crippen LogP contribution in [0, 0.1) is 0 Å². The van der Waals surface area contributed by atoms with Crippen molar-refractivity contribution >= 4 is 32.7 Å². The second kappa shape index (κ2) is 10.3. The number of para-hydroxylation sites is 3. The highest BCUT2D eigenvalue weighted by Crippen LogP contribution is 2.41. The summed E-state index contributed by atoms with van der Waals surface area (Å²) in [5, 5.41) is 3.62. The fourth-order valence-electron chi connectivity index (χ4n) is 6.35. The average Bonchev–Trinajstić information content (AvgIpc) is 3.42. The van der Waals surface area contributed by atoms with Crippen LogP contribution in [0.2, 0.25) is 0 Å². The number of hydrogen-bond acceptors (Lipinski definition) is 2. The Kier molecular flexibility index (Phi) is 6.01. The van der Waals surface area contributed by atoms with Crippen molar-refractivity contribution in [1.82, 2.24) is 9.55 Å². The number of nitrogens with zero attached hydrogens (tertiary/aromatic N) is 2. The van der Waals surface area contributed by atoms with Crippen molar-refractivity contribution in [2.45, 2.75) is 0 Å². The van der Waals surface area contributed by atoms with Crippen molar-refractivity contribution in [3.05, 3.63) is 152 Å². The van der Waals surface area contributed by atoms with E-state index in [0.717, 1.165) is 44.7 Å². The third kappa shape index (κ3) is 4.17. The van der Waals surface area contributed by atoms with Crippen LogP contribution < -0.4 is 4.74 Å². The Morgan fingerprint density at radius 3 is 1.81 bits per heavy atom. The van der Waals surface area contributed by atoms with Gasteiger partial charge in [-0.2, -0.15) is 0 Å². The summed E-state index contributed by atoms with van der Waals surface area (Å²) in [6.07, 6.45) is 0. The van der Waals surface area contributed by atoms with Gasteiger partial charge in [-0.05, 0) is 53.1 Å². The van der Waals surface area contributed by atoms with Crippen LogP contribution in [-0.2, 0) is 0 Å². The summed E-state index contributed by atoms with van der Waals surface area (Å²) in [5.74, 6) is 0.816. The maximum Gasteiger partial charge on any atom is 0.128 e. The van der Waals surface area contributed by atoms with E-state index in [0.29, 0.717) is 0 Å². The molecule has 0 unspecified atom stereocenters. The molecule has 2 aromatic heterocycles. The van der Waals surface area contributed by atoms with E-state index in [1.54, 1.807) is 7.11 Å². The van der Waals surface area contributed by atoms with Crippen molar-refractivity contribution in [3.8, 4) is 44.9 Å². The minimum atomic E-state index is 0.816. The summed E-state index contributed by atoms with van der Waals surface area (Å²) in [7, 11) is 1.75. The Labute approximate surface area is 250 Å². The summed E-state index contributed by atoms with van der Waals surface area (Å²) in [6, 6.07) is 53.3. The van der Waals surface area contributed by atoms with Crippen molar-refractivity contribution < 1.29 is 4.74 Å². The third-order valence-corrected chi connectivity index (χ3v) is 8.32. The Morgan fingerprint density at radius 1 is 0.488 bits per heavy atom. The summed E-state index contributed by atoms with van der Waals surface area (Å²) in [6.45, 7) is 0. The van der Waals surface area contributed by atoms with Gasteiger partial charge in [0.2, 0.25) is 0 Å². The number of rotatable bonds is 5. The molecule has 0 aliphatic heterocycles. The number of methoxy groups -OCH3 is 1. The van der Waals surface area contributed by atoms with E-state index in [1.807, 2.05) is 0 Å². The zero-order chi connectivity index (χ0) is 28.8. The lowest BCUT2D eigenvalue weighted by Crippen LogP contribution is -1.97. The van der Waals surface area contributed by atoms with Crippen LogP contribution in [0.15, 0.2) is 152 Å². The Bertz CT molecular complexity index is 2230. The van der Waals surface area contributed by atoms with E-state index in [9.17, 15) is 0 Å². The molecule has 8 aromatic rings. The lowest BCUT2D eigenvalue weighted by atomic mass is 9.93. The van der Waals surface area contributed by atoms with Crippen molar-refractivity contribution in [1.29, 1.82) is 0 Å². The van der Waals surface area contributed by atoms with Crippen LogP contribution in [0.3, 0.4) is 0 Å². The van der Waals surface area contributed by atoms with Gasteiger partial charge in [-0.15, -0.1) is 0 Å². The topological polar surface area (TPSA) is 27.1 Å². The molecule has 0 N–H and O–H groups in total. The number of aromatic nitrogens is 2. The van der Waals surface area contributed by atoms with Crippen LogP contribution in [0.5, 0.6) is 5.75 Å². The van der Waals surface area contributed by atoms with Crippen LogP contribution >= 0.6 is 0 Å². The highest BCUT2D eigenvalue weighted by Gasteiger charge is 2.18. The number of pyridine rings is 1. The Hall–Kier alpha value is -5.67. The van der Waals surface area contributed by atoms with E-state index in [1.165, 1.54) is 32.9 Å². The number of ether oxygens (including phenoxy) is 1. The molecule has 0 spiro atoms. The largest absolute Gasteiger partial charge is 0.496 e. The predicted octanol–water partition coefficient (Wildman–Crippen LogP) is 10.3. The van der Waals surface area contributed by atoms with Gasteiger partial charge in [-0.1, -0.05) is 109 Å². The molecular formula is C40H28N2O. The van der Waals surface area contributed by atoms with Gasteiger partial charge in [0.15, 0.2) is 0 Å². The number of benzene rings is 6. The van der Waals surface area contributed by atoms with Gasteiger partial charge in [-0.3, -0.25) is 0 Å². The highest BCUT2D eigenvalue weighted by atomic mass is 16.5. The first-order valence-corrected chi connectivity index (χ1v) is 14.5. The lowest BCUT2D eigenvalue weighted by Gasteiger charge is -2.17. The maximum atomic E-state index is 6.08. The molecule has 8 rings (SSSR count). The minimum absolute atomic E-state index is 0.816. The summed E-state index contributed by atoms with van der Waals surface area (Å²) < 4.78 is 8.40. The van der Waals surface area contributed by atoms with Gasteiger partial charge < -0.3 is 9.30 Å². The molecule has 0 aliphatic carbocycles. The first-order valence-electron chi connectivity index (χ1n) is 14.5. The third-order valence-electron chi connectivity index (χ3n) is 8.32. The smallest absolute Gasteiger partial charge is 0.128 e. The van der Waals surface area contributed by atoms with E-state index in [2.05, 4.69) is 156 Å². The molecule has 6 aromatic carbocycles. The molecule has 0 radical (unpaired) electrons. The summed E-state index contributed by atoms with van der Waals surface area (Å²) in [4.78, 5) is 5.15. The quantitative estimate of drug-likeness (QED) is 0.212. The fourth-order valence-corrected chi connectivity index (χ4v) is 6.35. The molecule has 0 saturated heterocycles. The molecule has 0 amide bonds. The Balaban J connectivity index is 1.31. The van der Waals surface area contributed by atoms with E-state index in [4.69, 9.17) is 9.72 Å². The van der Waals surface area contributed by atoms with Gasteiger partial charge in [0.05, 0.1) is 29.4 Å². The summed E-state index contributed by atoms with van der Waals surface area (Å²) >= 11 is 0. The number of fused-ring (bicyclic) bond motifs is 4. The molecule has 2 heterocycles. The van der Waals surface area contributed by atoms with Crippen molar-refractivity contribution in [2.24, 2.45) is 0 Å². The van der Waals surface area contributed by atoms with E-state index in [-0.39, 0.29) is 0 Å². The fraction of sp³-hybridized carbons (Fsp3) is 0.0250. The van der Waals surface area contributed by atoms with Gasteiger partial charge in [0.25, 0.3) is 0 Å². The second-order valence-electron chi connectivity index (χ2n) is 10.7.